The lowest BCUT2D eigenvalue weighted by Gasteiger charge is -2.13. The highest BCUT2D eigenvalue weighted by molar-refractivity contribution is 5.79. The summed E-state index contributed by atoms with van der Waals surface area (Å²) in [7, 11) is 1.49. The lowest BCUT2D eigenvalue weighted by atomic mass is 10.00. The van der Waals surface area contributed by atoms with Gasteiger partial charge < -0.3 is 14.3 Å². The van der Waals surface area contributed by atoms with E-state index in [-0.39, 0.29) is 11.2 Å². The number of phenols is 1. The van der Waals surface area contributed by atoms with Gasteiger partial charge in [0.15, 0.2) is 16.9 Å². The number of benzene rings is 2. The maximum absolute atomic E-state index is 12.3. The number of hydrogen-bond donors (Lipinski definition) is 1. The third-order valence-corrected chi connectivity index (χ3v) is 3.71. The van der Waals surface area contributed by atoms with Gasteiger partial charge in [0.2, 0.25) is 0 Å². The van der Waals surface area contributed by atoms with Crippen molar-refractivity contribution in [1.82, 2.24) is 0 Å². The molecule has 0 saturated heterocycles. The number of rotatable bonds is 4. The van der Waals surface area contributed by atoms with E-state index in [0.717, 1.165) is 0 Å². The van der Waals surface area contributed by atoms with Gasteiger partial charge in [-0.25, -0.2) is 0 Å². The summed E-state index contributed by atoms with van der Waals surface area (Å²) >= 11 is 0. The standard InChI is InChI=1S/C19H16O4/c1-3-6-13-12(9-10-17(22-2)19(13)21)18-11-15(20)14-7-4-5-8-16(14)23-18/h3-5,7-11,21H,1,6H2,2H3. The zero-order valence-electron chi connectivity index (χ0n) is 12.7. The number of ether oxygens (including phenoxy) is 1. The summed E-state index contributed by atoms with van der Waals surface area (Å²) in [4.78, 5) is 12.3. The van der Waals surface area contributed by atoms with Gasteiger partial charge >= 0.3 is 0 Å². The Labute approximate surface area is 133 Å². The smallest absolute Gasteiger partial charge is 0.193 e. The monoisotopic (exact) mass is 308 g/mol. The van der Waals surface area contributed by atoms with E-state index in [1.165, 1.54) is 13.2 Å². The lowest BCUT2D eigenvalue weighted by molar-refractivity contribution is 0.371. The molecule has 1 aromatic heterocycles. The maximum Gasteiger partial charge on any atom is 0.193 e. The van der Waals surface area contributed by atoms with E-state index in [9.17, 15) is 9.90 Å². The Morgan fingerprint density at radius 2 is 2.04 bits per heavy atom. The van der Waals surface area contributed by atoms with Crippen LogP contribution in [0.3, 0.4) is 0 Å². The molecule has 0 fully saturated rings. The molecule has 116 valence electrons. The molecule has 0 aliphatic rings. The van der Waals surface area contributed by atoms with Crippen LogP contribution in [0.5, 0.6) is 11.5 Å². The van der Waals surface area contributed by atoms with Crippen LogP contribution in [0, 0.1) is 0 Å². The van der Waals surface area contributed by atoms with Crippen LogP contribution < -0.4 is 10.2 Å². The highest BCUT2D eigenvalue weighted by Crippen LogP contribution is 2.38. The van der Waals surface area contributed by atoms with Crippen LogP contribution in [-0.2, 0) is 6.42 Å². The molecule has 0 amide bonds. The molecule has 0 unspecified atom stereocenters. The van der Waals surface area contributed by atoms with Gasteiger partial charge in [-0.2, -0.15) is 0 Å². The maximum atomic E-state index is 12.3. The molecule has 2 aromatic carbocycles. The van der Waals surface area contributed by atoms with Gasteiger partial charge in [-0.3, -0.25) is 4.79 Å². The highest BCUT2D eigenvalue weighted by atomic mass is 16.5. The fourth-order valence-electron chi connectivity index (χ4n) is 2.60. The van der Waals surface area contributed by atoms with Crippen LogP contribution in [-0.4, -0.2) is 12.2 Å². The van der Waals surface area contributed by atoms with Crippen molar-refractivity contribution in [3.63, 3.8) is 0 Å². The van der Waals surface area contributed by atoms with Crippen molar-refractivity contribution in [3.05, 3.63) is 70.9 Å². The first kappa shape index (κ1) is 14.9. The molecule has 0 aliphatic heterocycles. The zero-order valence-corrected chi connectivity index (χ0v) is 12.7. The summed E-state index contributed by atoms with van der Waals surface area (Å²) < 4.78 is 11.0. The van der Waals surface area contributed by atoms with Crippen molar-refractivity contribution in [2.24, 2.45) is 0 Å². The molecule has 3 aromatic rings. The summed E-state index contributed by atoms with van der Waals surface area (Å²) in [5.74, 6) is 0.804. The lowest BCUT2D eigenvalue weighted by Crippen LogP contribution is -2.01. The van der Waals surface area contributed by atoms with Crippen molar-refractivity contribution in [2.45, 2.75) is 6.42 Å². The quantitative estimate of drug-likeness (QED) is 0.743. The van der Waals surface area contributed by atoms with Gasteiger partial charge in [0, 0.05) is 17.2 Å². The minimum Gasteiger partial charge on any atom is -0.504 e. The number of methoxy groups -OCH3 is 1. The summed E-state index contributed by atoms with van der Waals surface area (Å²) in [5.41, 5.74) is 1.64. The first-order chi connectivity index (χ1) is 11.2. The number of fused-ring (bicyclic) bond motifs is 1. The van der Waals surface area contributed by atoms with Crippen molar-refractivity contribution in [1.29, 1.82) is 0 Å². The SMILES string of the molecule is C=CCc1c(-c2cc(=O)c3ccccc3o2)ccc(OC)c1O. The van der Waals surface area contributed by atoms with Crippen LogP contribution in [0.15, 0.2) is 64.3 Å². The van der Waals surface area contributed by atoms with Gasteiger partial charge in [0.1, 0.15) is 11.3 Å². The molecule has 0 bridgehead atoms. The second kappa shape index (κ2) is 6.01. The van der Waals surface area contributed by atoms with Crippen LogP contribution in [0.25, 0.3) is 22.3 Å². The molecule has 0 aliphatic carbocycles. The fourth-order valence-corrected chi connectivity index (χ4v) is 2.60. The van der Waals surface area contributed by atoms with E-state index in [1.54, 1.807) is 36.4 Å². The second-order valence-electron chi connectivity index (χ2n) is 5.11. The van der Waals surface area contributed by atoms with E-state index in [2.05, 4.69) is 6.58 Å². The summed E-state index contributed by atoms with van der Waals surface area (Å²) in [5, 5.41) is 10.9. The largest absolute Gasteiger partial charge is 0.504 e. The van der Waals surface area contributed by atoms with Gasteiger partial charge in [-0.1, -0.05) is 18.2 Å². The number of para-hydroxylation sites is 1. The molecule has 4 nitrogen and oxygen atoms in total. The van der Waals surface area contributed by atoms with Crippen LogP contribution >= 0.6 is 0 Å². The fraction of sp³-hybridized carbons (Fsp3) is 0.105. The predicted molar refractivity (Wildman–Crippen MR) is 90.0 cm³/mol. The van der Waals surface area contributed by atoms with Gasteiger partial charge in [0.05, 0.1) is 12.5 Å². The second-order valence-corrected chi connectivity index (χ2v) is 5.11. The first-order valence-corrected chi connectivity index (χ1v) is 7.18. The molecule has 4 heteroatoms. The van der Waals surface area contributed by atoms with Crippen molar-refractivity contribution in [2.75, 3.05) is 7.11 Å². The Hall–Kier alpha value is -3.01. The third-order valence-electron chi connectivity index (χ3n) is 3.71. The van der Waals surface area contributed by atoms with Crippen molar-refractivity contribution >= 4 is 11.0 Å². The molecule has 23 heavy (non-hydrogen) atoms. The molecule has 0 saturated carbocycles. The molecule has 1 N–H and O–H groups in total. The van der Waals surface area contributed by atoms with Crippen molar-refractivity contribution in [3.8, 4) is 22.8 Å². The van der Waals surface area contributed by atoms with E-state index in [4.69, 9.17) is 9.15 Å². The van der Waals surface area contributed by atoms with E-state index < -0.39 is 0 Å². The Morgan fingerprint density at radius 1 is 1.26 bits per heavy atom. The predicted octanol–water partition coefficient (Wildman–Crippen LogP) is 3.90. The number of allylic oxidation sites excluding steroid dienone is 1. The highest BCUT2D eigenvalue weighted by Gasteiger charge is 2.16. The Morgan fingerprint density at radius 3 is 2.78 bits per heavy atom. The van der Waals surface area contributed by atoms with Crippen LogP contribution in [0.1, 0.15) is 5.56 Å². The molecule has 0 radical (unpaired) electrons. The summed E-state index contributed by atoms with van der Waals surface area (Å²) in [6, 6.07) is 11.9. The third kappa shape index (κ3) is 2.59. The topological polar surface area (TPSA) is 59.7 Å². The van der Waals surface area contributed by atoms with Gasteiger partial charge in [0.25, 0.3) is 0 Å². The number of phenolic OH excluding ortho intramolecular Hbond substituents is 1. The number of hydrogen-bond acceptors (Lipinski definition) is 4. The van der Waals surface area contributed by atoms with Crippen LogP contribution in [0.4, 0.5) is 0 Å². The zero-order chi connectivity index (χ0) is 16.4. The molecular formula is C19H16O4. The van der Waals surface area contributed by atoms with E-state index in [0.29, 0.717) is 40.0 Å². The first-order valence-electron chi connectivity index (χ1n) is 7.18. The molecule has 0 atom stereocenters. The summed E-state index contributed by atoms with van der Waals surface area (Å²) in [6.07, 6.45) is 2.10. The summed E-state index contributed by atoms with van der Waals surface area (Å²) in [6.45, 7) is 3.71. The van der Waals surface area contributed by atoms with Crippen LogP contribution in [0.2, 0.25) is 0 Å². The average molecular weight is 308 g/mol. The van der Waals surface area contributed by atoms with E-state index in [1.807, 2.05) is 6.07 Å². The molecule has 3 rings (SSSR count). The Kier molecular flexibility index (Phi) is 3.89. The van der Waals surface area contributed by atoms with Gasteiger partial charge in [-0.15, -0.1) is 6.58 Å². The van der Waals surface area contributed by atoms with Gasteiger partial charge in [-0.05, 0) is 30.7 Å². The normalized spacial score (nSPS) is 10.7. The Bertz CT molecular complexity index is 938. The average Bonchev–Trinajstić information content (AvgIpc) is 2.57. The number of aromatic hydroxyl groups is 1. The molecule has 0 spiro atoms. The molecular weight excluding hydrogens is 292 g/mol. The minimum absolute atomic E-state index is 0.0284. The Balaban J connectivity index is 2.28. The molecule has 1 heterocycles. The van der Waals surface area contributed by atoms with E-state index >= 15 is 0 Å². The minimum atomic E-state index is -0.123. The van der Waals surface area contributed by atoms with Crippen molar-refractivity contribution < 1.29 is 14.3 Å².